The van der Waals surface area contributed by atoms with Crippen molar-refractivity contribution in [1.82, 2.24) is 16.2 Å². The normalized spacial score (nSPS) is 10.1. The number of amides is 3. The number of aryl methyl sites for hydroxylation is 1. The Hall–Kier alpha value is -2.54. The summed E-state index contributed by atoms with van der Waals surface area (Å²) in [6, 6.07) is 13.4. The molecule has 24 heavy (non-hydrogen) atoms. The van der Waals surface area contributed by atoms with Gasteiger partial charge >= 0.3 is 6.03 Å². The molecule has 0 aliphatic carbocycles. The van der Waals surface area contributed by atoms with Crippen LogP contribution in [-0.4, -0.2) is 17.7 Å². The highest BCUT2D eigenvalue weighted by Gasteiger charge is 2.07. The minimum Gasteiger partial charge on any atom is -0.333 e. The maximum atomic E-state index is 13.4. The van der Waals surface area contributed by atoms with Crippen LogP contribution in [0.3, 0.4) is 0 Å². The third-order valence-corrected chi connectivity index (χ3v) is 4.13. The monoisotopic (exact) mass is 347 g/mol. The van der Waals surface area contributed by atoms with Gasteiger partial charge < -0.3 is 5.32 Å². The molecule has 0 bridgehead atoms. The Morgan fingerprint density at radius 1 is 1.04 bits per heavy atom. The second kappa shape index (κ2) is 8.93. The number of thioether (sulfide) groups is 1. The van der Waals surface area contributed by atoms with E-state index in [4.69, 9.17) is 0 Å². The highest BCUT2D eigenvalue weighted by molar-refractivity contribution is 8.00. The fraction of sp³-hybridized carbons (Fsp3) is 0.176. The maximum absolute atomic E-state index is 13.4. The Morgan fingerprint density at radius 2 is 1.75 bits per heavy atom. The number of halogens is 1. The van der Waals surface area contributed by atoms with E-state index in [1.54, 1.807) is 18.2 Å². The van der Waals surface area contributed by atoms with E-state index in [1.807, 2.05) is 31.2 Å². The highest BCUT2D eigenvalue weighted by atomic mass is 32.2. The van der Waals surface area contributed by atoms with Gasteiger partial charge in [-0.15, -0.1) is 11.8 Å². The van der Waals surface area contributed by atoms with Crippen molar-refractivity contribution in [1.29, 1.82) is 0 Å². The van der Waals surface area contributed by atoms with Crippen LogP contribution in [0.4, 0.5) is 9.18 Å². The summed E-state index contributed by atoms with van der Waals surface area (Å²) in [7, 11) is 0. The standard InChI is InChI=1S/C17H18FN3O2S/c1-12-6-8-13(9-7-12)10-19-17(23)21-20-16(22)11-24-15-5-3-2-4-14(15)18/h2-9H,10-11H2,1H3,(H,20,22)(H2,19,21,23). The summed E-state index contributed by atoms with van der Waals surface area (Å²) in [5, 5.41) is 2.63. The molecular weight excluding hydrogens is 329 g/mol. The minimum absolute atomic E-state index is 0.000818. The first-order valence-electron chi connectivity index (χ1n) is 7.30. The summed E-state index contributed by atoms with van der Waals surface area (Å²) in [6.45, 7) is 2.34. The molecule has 0 fully saturated rings. The van der Waals surface area contributed by atoms with E-state index >= 15 is 0 Å². The fourth-order valence-electron chi connectivity index (χ4n) is 1.80. The highest BCUT2D eigenvalue weighted by Crippen LogP contribution is 2.20. The van der Waals surface area contributed by atoms with Gasteiger partial charge in [0.1, 0.15) is 5.82 Å². The van der Waals surface area contributed by atoms with Crippen LogP contribution in [0.25, 0.3) is 0 Å². The third-order valence-electron chi connectivity index (χ3n) is 3.08. The molecule has 7 heteroatoms. The topological polar surface area (TPSA) is 70.2 Å². The Balaban J connectivity index is 1.66. The molecule has 2 rings (SSSR count). The van der Waals surface area contributed by atoms with Crippen molar-refractivity contribution < 1.29 is 14.0 Å². The number of urea groups is 1. The summed E-state index contributed by atoms with van der Waals surface area (Å²) >= 11 is 1.06. The van der Waals surface area contributed by atoms with E-state index in [0.717, 1.165) is 22.9 Å². The van der Waals surface area contributed by atoms with E-state index in [9.17, 15) is 14.0 Å². The molecule has 0 aromatic heterocycles. The van der Waals surface area contributed by atoms with Crippen molar-refractivity contribution in [3.63, 3.8) is 0 Å². The van der Waals surface area contributed by atoms with Crippen molar-refractivity contribution in [3.8, 4) is 0 Å². The summed E-state index contributed by atoms with van der Waals surface area (Å²) < 4.78 is 13.4. The van der Waals surface area contributed by atoms with E-state index in [0.29, 0.717) is 11.4 Å². The summed E-state index contributed by atoms with van der Waals surface area (Å²) in [5.74, 6) is -0.799. The molecule has 0 unspecified atom stereocenters. The van der Waals surface area contributed by atoms with Gasteiger partial charge in [-0.25, -0.2) is 14.6 Å². The van der Waals surface area contributed by atoms with Crippen molar-refractivity contribution >= 4 is 23.7 Å². The van der Waals surface area contributed by atoms with Crippen molar-refractivity contribution in [2.75, 3.05) is 5.75 Å². The SMILES string of the molecule is Cc1ccc(CNC(=O)NNC(=O)CSc2ccccc2F)cc1. The lowest BCUT2D eigenvalue weighted by Gasteiger charge is -2.09. The average Bonchev–Trinajstić information content (AvgIpc) is 2.58. The minimum atomic E-state index is -0.514. The first kappa shape index (κ1) is 17.8. The number of rotatable bonds is 5. The quantitative estimate of drug-likeness (QED) is 0.575. The molecule has 0 saturated carbocycles. The molecule has 0 atom stereocenters. The molecule has 3 N–H and O–H groups in total. The number of carbonyl (C=O) groups is 2. The second-order valence-electron chi connectivity index (χ2n) is 5.06. The van der Waals surface area contributed by atoms with Gasteiger partial charge in [-0.05, 0) is 24.6 Å². The van der Waals surface area contributed by atoms with Gasteiger partial charge in [0.2, 0.25) is 5.91 Å². The molecule has 0 aliphatic heterocycles. The zero-order valence-corrected chi connectivity index (χ0v) is 14.0. The van der Waals surface area contributed by atoms with Crippen LogP contribution < -0.4 is 16.2 Å². The van der Waals surface area contributed by atoms with Gasteiger partial charge in [-0.1, -0.05) is 42.0 Å². The van der Waals surface area contributed by atoms with Crippen LogP contribution in [0.1, 0.15) is 11.1 Å². The molecule has 0 spiro atoms. The summed E-state index contributed by atoms with van der Waals surface area (Å²) in [6.07, 6.45) is 0. The predicted molar refractivity (Wildman–Crippen MR) is 91.8 cm³/mol. The Bertz CT molecular complexity index is 707. The Labute approximate surface area is 144 Å². The van der Waals surface area contributed by atoms with Crippen LogP contribution in [0.2, 0.25) is 0 Å². The van der Waals surface area contributed by atoms with Crippen LogP contribution in [-0.2, 0) is 11.3 Å². The van der Waals surface area contributed by atoms with E-state index in [-0.39, 0.29) is 11.6 Å². The molecule has 2 aromatic carbocycles. The molecule has 2 aromatic rings. The largest absolute Gasteiger partial charge is 0.333 e. The number of benzene rings is 2. The van der Waals surface area contributed by atoms with Gasteiger partial charge in [0.15, 0.2) is 0 Å². The van der Waals surface area contributed by atoms with Crippen LogP contribution in [0.5, 0.6) is 0 Å². The van der Waals surface area contributed by atoms with Gasteiger partial charge in [-0.2, -0.15) is 0 Å². The van der Waals surface area contributed by atoms with Gasteiger partial charge in [-0.3, -0.25) is 10.2 Å². The molecule has 0 saturated heterocycles. The maximum Gasteiger partial charge on any atom is 0.333 e. The number of carbonyl (C=O) groups excluding carboxylic acids is 2. The molecule has 0 heterocycles. The molecular formula is C17H18FN3O2S. The zero-order valence-electron chi connectivity index (χ0n) is 13.1. The summed E-state index contributed by atoms with van der Waals surface area (Å²) in [5.41, 5.74) is 6.63. The lowest BCUT2D eigenvalue weighted by Crippen LogP contribution is -2.47. The van der Waals surface area contributed by atoms with Crippen molar-refractivity contribution in [3.05, 3.63) is 65.5 Å². The molecule has 0 aliphatic rings. The fourth-order valence-corrected chi connectivity index (χ4v) is 2.54. The van der Waals surface area contributed by atoms with E-state index in [1.165, 1.54) is 6.07 Å². The number of hydrazine groups is 1. The molecule has 3 amide bonds. The van der Waals surface area contributed by atoms with Crippen molar-refractivity contribution in [2.45, 2.75) is 18.4 Å². The number of hydrogen-bond donors (Lipinski definition) is 3. The van der Waals surface area contributed by atoms with Gasteiger partial charge in [0.25, 0.3) is 0 Å². The Morgan fingerprint density at radius 3 is 2.46 bits per heavy atom. The molecule has 5 nitrogen and oxygen atoms in total. The first-order chi connectivity index (χ1) is 11.5. The summed E-state index contributed by atoms with van der Waals surface area (Å²) in [4.78, 5) is 23.6. The van der Waals surface area contributed by atoms with E-state index < -0.39 is 11.9 Å². The molecule has 126 valence electrons. The lowest BCUT2D eigenvalue weighted by atomic mass is 10.1. The second-order valence-corrected chi connectivity index (χ2v) is 6.08. The smallest absolute Gasteiger partial charge is 0.333 e. The zero-order chi connectivity index (χ0) is 17.4. The van der Waals surface area contributed by atoms with Crippen LogP contribution in [0, 0.1) is 12.7 Å². The van der Waals surface area contributed by atoms with Crippen molar-refractivity contribution in [2.24, 2.45) is 0 Å². The third kappa shape index (κ3) is 5.92. The van der Waals surface area contributed by atoms with Crippen LogP contribution in [0.15, 0.2) is 53.4 Å². The predicted octanol–water partition coefficient (Wildman–Crippen LogP) is 2.76. The first-order valence-corrected chi connectivity index (χ1v) is 8.29. The molecule has 0 radical (unpaired) electrons. The van der Waals surface area contributed by atoms with Crippen LogP contribution >= 0.6 is 11.8 Å². The number of nitrogens with one attached hydrogen (secondary N) is 3. The van der Waals surface area contributed by atoms with Gasteiger partial charge in [0.05, 0.1) is 5.75 Å². The average molecular weight is 347 g/mol. The number of hydrogen-bond acceptors (Lipinski definition) is 3. The van der Waals surface area contributed by atoms with E-state index in [2.05, 4.69) is 16.2 Å². The van der Waals surface area contributed by atoms with Gasteiger partial charge in [0, 0.05) is 11.4 Å². The lowest BCUT2D eigenvalue weighted by molar-refractivity contribution is -0.119. The Kier molecular flexibility index (Phi) is 6.62.